The van der Waals surface area contributed by atoms with Crippen molar-refractivity contribution in [3.8, 4) is 6.07 Å². The zero-order valence-electron chi connectivity index (χ0n) is 8.26. The number of nitriles is 1. The summed E-state index contributed by atoms with van der Waals surface area (Å²) in [5.41, 5.74) is 4.24. The Bertz CT molecular complexity index is 517. The van der Waals surface area contributed by atoms with Gasteiger partial charge < -0.3 is 0 Å². The molecule has 1 aromatic carbocycles. The lowest BCUT2D eigenvalue weighted by Crippen LogP contribution is -1.83. The molecular formula is C11H11N3. The van der Waals surface area contributed by atoms with Crippen LogP contribution in [0, 0.1) is 25.2 Å². The van der Waals surface area contributed by atoms with Gasteiger partial charge in [-0.1, -0.05) is 11.6 Å². The average Bonchev–Trinajstić information content (AvgIpc) is 2.49. The maximum atomic E-state index is 8.64. The van der Waals surface area contributed by atoms with Crippen LogP contribution in [0.3, 0.4) is 0 Å². The van der Waals surface area contributed by atoms with Crippen molar-refractivity contribution in [3.63, 3.8) is 0 Å². The fourth-order valence-corrected chi connectivity index (χ4v) is 1.74. The van der Waals surface area contributed by atoms with Gasteiger partial charge in [-0.05, 0) is 25.5 Å². The molecule has 0 spiro atoms. The van der Waals surface area contributed by atoms with E-state index >= 15 is 0 Å². The van der Waals surface area contributed by atoms with Gasteiger partial charge in [-0.15, -0.1) is 0 Å². The van der Waals surface area contributed by atoms with Crippen LogP contribution in [0.2, 0.25) is 0 Å². The molecule has 0 aliphatic rings. The Morgan fingerprint density at radius 3 is 2.93 bits per heavy atom. The number of nitrogens with zero attached hydrogens (tertiary/aromatic N) is 2. The van der Waals surface area contributed by atoms with E-state index in [-0.39, 0.29) is 0 Å². The predicted molar refractivity (Wildman–Crippen MR) is 54.9 cm³/mol. The Morgan fingerprint density at radius 1 is 1.43 bits per heavy atom. The molecule has 0 amide bonds. The molecule has 0 fully saturated rings. The van der Waals surface area contributed by atoms with Gasteiger partial charge >= 0.3 is 0 Å². The first-order valence-corrected chi connectivity index (χ1v) is 4.53. The van der Waals surface area contributed by atoms with Crippen molar-refractivity contribution in [2.24, 2.45) is 0 Å². The summed E-state index contributed by atoms with van der Waals surface area (Å²) >= 11 is 0. The molecule has 3 nitrogen and oxygen atoms in total. The zero-order chi connectivity index (χ0) is 10.1. The SMILES string of the molecule is Cc1cc(C)c2n[nH]c(CC#N)c2c1. The van der Waals surface area contributed by atoms with Gasteiger partial charge in [0.05, 0.1) is 23.7 Å². The molecule has 0 aliphatic carbocycles. The monoisotopic (exact) mass is 185 g/mol. The standard InChI is InChI=1S/C11H11N3/c1-7-5-8(2)11-9(6-7)10(3-4-12)13-14-11/h5-6H,3H2,1-2H3,(H,13,14). The summed E-state index contributed by atoms with van der Waals surface area (Å²) in [5.74, 6) is 0. The minimum atomic E-state index is 0.388. The van der Waals surface area contributed by atoms with Crippen molar-refractivity contribution in [3.05, 3.63) is 29.0 Å². The smallest absolute Gasteiger partial charge is 0.0953 e. The second kappa shape index (κ2) is 3.15. The van der Waals surface area contributed by atoms with E-state index in [2.05, 4.69) is 35.3 Å². The van der Waals surface area contributed by atoms with Crippen molar-refractivity contribution in [1.29, 1.82) is 5.26 Å². The van der Waals surface area contributed by atoms with Crippen molar-refractivity contribution in [2.45, 2.75) is 20.3 Å². The minimum absolute atomic E-state index is 0.388. The lowest BCUT2D eigenvalue weighted by atomic mass is 10.1. The Labute approximate surface area is 82.4 Å². The number of H-pyrrole nitrogens is 1. The fourth-order valence-electron chi connectivity index (χ4n) is 1.74. The number of aromatic nitrogens is 2. The molecule has 1 heterocycles. The molecule has 0 aliphatic heterocycles. The van der Waals surface area contributed by atoms with Crippen LogP contribution < -0.4 is 0 Å². The maximum absolute atomic E-state index is 8.64. The fraction of sp³-hybridized carbons (Fsp3) is 0.273. The summed E-state index contributed by atoms with van der Waals surface area (Å²) in [4.78, 5) is 0. The van der Waals surface area contributed by atoms with Crippen LogP contribution in [0.1, 0.15) is 16.8 Å². The number of hydrogen-bond acceptors (Lipinski definition) is 2. The highest BCUT2D eigenvalue weighted by Gasteiger charge is 2.07. The van der Waals surface area contributed by atoms with Crippen molar-refractivity contribution >= 4 is 10.9 Å². The average molecular weight is 185 g/mol. The number of benzene rings is 1. The van der Waals surface area contributed by atoms with Gasteiger partial charge in [0.1, 0.15) is 0 Å². The molecule has 70 valence electrons. The first kappa shape index (κ1) is 8.76. The third-order valence-corrected chi connectivity index (χ3v) is 2.33. The second-order valence-electron chi connectivity index (χ2n) is 3.52. The van der Waals surface area contributed by atoms with E-state index in [1.54, 1.807) is 0 Å². The zero-order valence-corrected chi connectivity index (χ0v) is 8.26. The lowest BCUT2D eigenvalue weighted by Gasteiger charge is -1.97. The molecule has 0 atom stereocenters. The number of hydrogen-bond donors (Lipinski definition) is 1. The topological polar surface area (TPSA) is 52.5 Å². The molecule has 1 N–H and O–H groups in total. The lowest BCUT2D eigenvalue weighted by molar-refractivity contribution is 1.03. The third kappa shape index (κ3) is 1.25. The molecule has 0 bridgehead atoms. The van der Waals surface area contributed by atoms with Crippen molar-refractivity contribution < 1.29 is 0 Å². The Hall–Kier alpha value is -1.82. The van der Waals surface area contributed by atoms with Gasteiger partial charge in [0.2, 0.25) is 0 Å². The van der Waals surface area contributed by atoms with Gasteiger partial charge in [0.15, 0.2) is 0 Å². The summed E-state index contributed by atoms with van der Waals surface area (Å²) in [6.45, 7) is 4.09. The normalized spacial score (nSPS) is 10.4. The molecule has 0 radical (unpaired) electrons. The summed E-state index contributed by atoms with van der Waals surface area (Å²) in [6.07, 6.45) is 0.388. The second-order valence-corrected chi connectivity index (χ2v) is 3.52. The minimum Gasteiger partial charge on any atom is -0.280 e. The van der Waals surface area contributed by atoms with Gasteiger partial charge in [-0.2, -0.15) is 10.4 Å². The summed E-state index contributed by atoms with van der Waals surface area (Å²) in [7, 11) is 0. The number of nitrogens with one attached hydrogen (secondary N) is 1. The van der Waals surface area contributed by atoms with Crippen LogP contribution in [0.25, 0.3) is 10.9 Å². The first-order chi connectivity index (χ1) is 6.72. The van der Waals surface area contributed by atoms with Crippen LogP contribution in [0.5, 0.6) is 0 Å². The van der Waals surface area contributed by atoms with Gasteiger partial charge in [-0.3, -0.25) is 5.10 Å². The number of rotatable bonds is 1. The largest absolute Gasteiger partial charge is 0.280 e. The van der Waals surface area contributed by atoms with Crippen LogP contribution in [-0.4, -0.2) is 10.2 Å². The van der Waals surface area contributed by atoms with Crippen LogP contribution in [0.15, 0.2) is 12.1 Å². The van der Waals surface area contributed by atoms with Gasteiger partial charge in [-0.25, -0.2) is 0 Å². The van der Waals surface area contributed by atoms with E-state index in [9.17, 15) is 0 Å². The van der Waals surface area contributed by atoms with Crippen LogP contribution in [-0.2, 0) is 6.42 Å². The Morgan fingerprint density at radius 2 is 2.21 bits per heavy atom. The summed E-state index contributed by atoms with van der Waals surface area (Å²) in [6, 6.07) is 6.29. The number of aromatic amines is 1. The molecular weight excluding hydrogens is 174 g/mol. The quantitative estimate of drug-likeness (QED) is 0.740. The Balaban J connectivity index is 2.73. The van der Waals surface area contributed by atoms with Crippen molar-refractivity contribution in [2.75, 3.05) is 0 Å². The van der Waals surface area contributed by atoms with E-state index in [4.69, 9.17) is 5.26 Å². The highest BCUT2D eigenvalue weighted by molar-refractivity contribution is 5.85. The molecule has 0 saturated heterocycles. The maximum Gasteiger partial charge on any atom is 0.0953 e. The van der Waals surface area contributed by atoms with Gasteiger partial charge in [0, 0.05) is 5.39 Å². The first-order valence-electron chi connectivity index (χ1n) is 4.53. The van der Waals surface area contributed by atoms with Crippen molar-refractivity contribution in [1.82, 2.24) is 10.2 Å². The number of aryl methyl sites for hydroxylation is 2. The molecule has 14 heavy (non-hydrogen) atoms. The summed E-state index contributed by atoms with van der Waals surface area (Å²) in [5, 5.41) is 16.8. The van der Waals surface area contributed by atoms with E-state index in [0.29, 0.717) is 6.42 Å². The third-order valence-electron chi connectivity index (χ3n) is 2.33. The number of fused-ring (bicyclic) bond motifs is 1. The van der Waals surface area contributed by atoms with E-state index in [0.717, 1.165) is 22.2 Å². The summed E-state index contributed by atoms with van der Waals surface area (Å²) < 4.78 is 0. The molecule has 2 aromatic rings. The van der Waals surface area contributed by atoms with E-state index in [1.165, 1.54) is 5.56 Å². The molecule has 3 heteroatoms. The predicted octanol–water partition coefficient (Wildman–Crippen LogP) is 2.25. The highest BCUT2D eigenvalue weighted by Crippen LogP contribution is 2.21. The van der Waals surface area contributed by atoms with E-state index in [1.807, 2.05) is 6.92 Å². The van der Waals surface area contributed by atoms with Crippen LogP contribution >= 0.6 is 0 Å². The Kier molecular flexibility index (Phi) is 1.97. The van der Waals surface area contributed by atoms with Gasteiger partial charge in [0.25, 0.3) is 0 Å². The molecule has 0 unspecified atom stereocenters. The molecule has 0 saturated carbocycles. The van der Waals surface area contributed by atoms with E-state index < -0.39 is 0 Å². The van der Waals surface area contributed by atoms with Crippen LogP contribution in [0.4, 0.5) is 0 Å². The molecule has 1 aromatic heterocycles. The molecule has 2 rings (SSSR count). The highest BCUT2D eigenvalue weighted by atomic mass is 15.1.